The Morgan fingerprint density at radius 3 is 2.00 bits per heavy atom. The van der Waals surface area contributed by atoms with Crippen molar-refractivity contribution in [2.45, 2.75) is 20.7 Å². The molecule has 0 saturated heterocycles. The van der Waals surface area contributed by atoms with Gasteiger partial charge in [0, 0.05) is 0 Å². The van der Waals surface area contributed by atoms with E-state index in [9.17, 15) is 5.11 Å². The zero-order valence-corrected chi connectivity index (χ0v) is 7.18. The summed E-state index contributed by atoms with van der Waals surface area (Å²) in [6.07, 6.45) is 0. The molecule has 0 heterocycles. The summed E-state index contributed by atoms with van der Waals surface area (Å²) in [6, 6.07) is 3.56. The van der Waals surface area contributed by atoms with Crippen LogP contribution in [-0.2, 0) is 0 Å². The molecule has 1 nitrogen and oxygen atoms in total. The van der Waals surface area contributed by atoms with Crippen LogP contribution in [0.25, 0.3) is 0 Å². The maximum atomic E-state index is 9.20. The molecule has 1 aromatic carbocycles. The number of hydrogen-bond donors (Lipinski definition) is 1. The molecule has 1 radical (unpaired) electrons. The van der Waals surface area contributed by atoms with E-state index in [0.29, 0.717) is 5.75 Å². The summed E-state index contributed by atoms with van der Waals surface area (Å²) in [5.41, 5.74) is 3.48. The summed E-state index contributed by atoms with van der Waals surface area (Å²) < 4.78 is 0. The number of phenolic OH excluding ortho intramolecular Hbond substituents is 1. The van der Waals surface area contributed by atoms with Crippen LogP contribution in [0.5, 0.6) is 5.75 Å². The van der Waals surface area contributed by atoms with Gasteiger partial charge in [-0.05, 0) is 26.0 Å². The third kappa shape index (κ3) is 1.56. The molecule has 0 saturated carbocycles. The second-order valence-electron chi connectivity index (χ2n) is 2.78. The standard InChI is InChI=1S/C9H12BO/c1-6-4-8(11)5-7(2)9(6)10-3/h4-5,11H,1-3H3. The summed E-state index contributed by atoms with van der Waals surface area (Å²) in [5.74, 6) is 0.352. The Balaban J connectivity index is 3.25. The normalized spacial score (nSPS) is 9.73. The first-order chi connectivity index (χ1) is 5.15. The van der Waals surface area contributed by atoms with Crippen LogP contribution in [0.2, 0.25) is 6.82 Å². The van der Waals surface area contributed by atoms with Crippen LogP contribution in [-0.4, -0.2) is 12.4 Å². The summed E-state index contributed by atoms with van der Waals surface area (Å²) >= 11 is 0. The molecule has 0 bridgehead atoms. The van der Waals surface area contributed by atoms with Crippen molar-refractivity contribution in [2.75, 3.05) is 0 Å². The molecule has 0 aliphatic heterocycles. The highest BCUT2D eigenvalue weighted by atomic mass is 16.3. The van der Waals surface area contributed by atoms with E-state index in [1.807, 2.05) is 20.7 Å². The molecule has 1 N–H and O–H groups in total. The van der Waals surface area contributed by atoms with E-state index < -0.39 is 0 Å². The van der Waals surface area contributed by atoms with Crippen molar-refractivity contribution < 1.29 is 5.11 Å². The molecule has 0 fully saturated rings. The fraction of sp³-hybridized carbons (Fsp3) is 0.333. The number of rotatable bonds is 1. The summed E-state index contributed by atoms with van der Waals surface area (Å²) in [4.78, 5) is 0. The maximum Gasteiger partial charge on any atom is 0.148 e. The molecule has 0 atom stereocenters. The first-order valence-corrected chi connectivity index (χ1v) is 3.74. The van der Waals surface area contributed by atoms with Crippen molar-refractivity contribution in [2.24, 2.45) is 0 Å². The maximum absolute atomic E-state index is 9.20. The van der Waals surface area contributed by atoms with Gasteiger partial charge in [-0.2, -0.15) is 0 Å². The highest BCUT2D eigenvalue weighted by Crippen LogP contribution is 2.11. The van der Waals surface area contributed by atoms with Crippen LogP contribution < -0.4 is 5.46 Å². The molecule has 11 heavy (non-hydrogen) atoms. The molecule has 0 aliphatic carbocycles. The van der Waals surface area contributed by atoms with Gasteiger partial charge in [-0.3, -0.25) is 0 Å². The second-order valence-corrected chi connectivity index (χ2v) is 2.78. The van der Waals surface area contributed by atoms with Gasteiger partial charge in [-0.15, -0.1) is 0 Å². The van der Waals surface area contributed by atoms with Crippen LogP contribution >= 0.6 is 0 Å². The van der Waals surface area contributed by atoms with Gasteiger partial charge in [0.25, 0.3) is 0 Å². The van der Waals surface area contributed by atoms with Crippen molar-refractivity contribution in [3.63, 3.8) is 0 Å². The van der Waals surface area contributed by atoms with E-state index in [2.05, 4.69) is 7.28 Å². The Bertz CT molecular complexity index is 245. The molecule has 0 aromatic heterocycles. The van der Waals surface area contributed by atoms with E-state index in [0.717, 1.165) is 11.1 Å². The minimum absolute atomic E-state index is 0.352. The van der Waals surface area contributed by atoms with Gasteiger partial charge in [0.1, 0.15) is 13.0 Å². The highest BCUT2D eigenvalue weighted by Gasteiger charge is 2.01. The fourth-order valence-electron chi connectivity index (χ4n) is 1.41. The number of hydrogen-bond acceptors (Lipinski definition) is 1. The number of aromatic hydroxyl groups is 1. The Hall–Kier alpha value is -0.915. The lowest BCUT2D eigenvalue weighted by Gasteiger charge is -2.06. The van der Waals surface area contributed by atoms with E-state index in [-0.39, 0.29) is 0 Å². The molecular weight excluding hydrogens is 135 g/mol. The van der Waals surface area contributed by atoms with Gasteiger partial charge in [0.15, 0.2) is 0 Å². The molecule has 1 aromatic rings. The zero-order valence-electron chi connectivity index (χ0n) is 7.18. The van der Waals surface area contributed by atoms with E-state index in [4.69, 9.17) is 0 Å². The first kappa shape index (κ1) is 8.18. The summed E-state index contributed by atoms with van der Waals surface area (Å²) in [7, 11) is 2.06. The Morgan fingerprint density at radius 2 is 1.64 bits per heavy atom. The number of phenols is 1. The van der Waals surface area contributed by atoms with Crippen molar-refractivity contribution in [3.8, 4) is 5.75 Å². The molecule has 0 amide bonds. The minimum Gasteiger partial charge on any atom is -0.508 e. The molecule has 2 heteroatoms. The average Bonchev–Trinajstić information content (AvgIpc) is 1.85. The predicted octanol–water partition coefficient (Wildman–Crippen LogP) is 1.39. The van der Waals surface area contributed by atoms with Gasteiger partial charge in [0.2, 0.25) is 0 Å². The van der Waals surface area contributed by atoms with Crippen LogP contribution in [0.3, 0.4) is 0 Å². The van der Waals surface area contributed by atoms with Gasteiger partial charge in [-0.1, -0.05) is 23.4 Å². The lowest BCUT2D eigenvalue weighted by atomic mass is 9.69. The zero-order chi connectivity index (χ0) is 8.43. The average molecular weight is 147 g/mol. The van der Waals surface area contributed by atoms with Gasteiger partial charge in [0.05, 0.1) is 0 Å². The van der Waals surface area contributed by atoms with Crippen molar-refractivity contribution >= 4 is 12.7 Å². The van der Waals surface area contributed by atoms with E-state index in [1.165, 1.54) is 5.46 Å². The number of benzene rings is 1. The van der Waals surface area contributed by atoms with E-state index in [1.54, 1.807) is 12.1 Å². The molecule has 57 valence electrons. The van der Waals surface area contributed by atoms with E-state index >= 15 is 0 Å². The van der Waals surface area contributed by atoms with Gasteiger partial charge < -0.3 is 5.11 Å². The van der Waals surface area contributed by atoms with Crippen LogP contribution in [0.1, 0.15) is 11.1 Å². The van der Waals surface area contributed by atoms with Gasteiger partial charge >= 0.3 is 0 Å². The van der Waals surface area contributed by atoms with Crippen molar-refractivity contribution in [3.05, 3.63) is 23.3 Å². The van der Waals surface area contributed by atoms with Crippen molar-refractivity contribution in [1.29, 1.82) is 0 Å². The van der Waals surface area contributed by atoms with Crippen molar-refractivity contribution in [1.82, 2.24) is 0 Å². The quantitative estimate of drug-likeness (QED) is 0.595. The Kier molecular flexibility index (Phi) is 2.23. The van der Waals surface area contributed by atoms with Crippen LogP contribution in [0.15, 0.2) is 12.1 Å². The lowest BCUT2D eigenvalue weighted by molar-refractivity contribution is 0.474. The molecule has 0 unspecified atom stereocenters. The smallest absolute Gasteiger partial charge is 0.148 e. The highest BCUT2D eigenvalue weighted by molar-refractivity contribution is 6.53. The Morgan fingerprint density at radius 1 is 1.18 bits per heavy atom. The SMILES string of the molecule is C[B]c1c(C)cc(O)cc1C. The number of aryl methyl sites for hydroxylation is 2. The molecule has 0 spiro atoms. The van der Waals surface area contributed by atoms with Crippen LogP contribution in [0.4, 0.5) is 0 Å². The largest absolute Gasteiger partial charge is 0.508 e. The lowest BCUT2D eigenvalue weighted by Crippen LogP contribution is -2.17. The first-order valence-electron chi connectivity index (χ1n) is 3.74. The van der Waals surface area contributed by atoms with Gasteiger partial charge in [-0.25, -0.2) is 0 Å². The monoisotopic (exact) mass is 147 g/mol. The third-order valence-corrected chi connectivity index (χ3v) is 1.87. The molecular formula is C9H12BO. The summed E-state index contributed by atoms with van der Waals surface area (Å²) in [5, 5.41) is 9.20. The third-order valence-electron chi connectivity index (χ3n) is 1.87. The second kappa shape index (κ2) is 2.99. The fourth-order valence-corrected chi connectivity index (χ4v) is 1.41. The minimum atomic E-state index is 0.352. The molecule has 0 aliphatic rings. The molecule has 1 rings (SSSR count). The Labute approximate surface area is 68.3 Å². The predicted molar refractivity (Wildman–Crippen MR) is 48.8 cm³/mol. The van der Waals surface area contributed by atoms with Crippen LogP contribution in [0, 0.1) is 13.8 Å². The summed E-state index contributed by atoms with van der Waals surface area (Å²) in [6.45, 7) is 6.01. The topological polar surface area (TPSA) is 20.2 Å².